The Labute approximate surface area is 98.5 Å². The van der Waals surface area contributed by atoms with Gasteiger partial charge in [-0.25, -0.2) is 9.97 Å². The van der Waals surface area contributed by atoms with Gasteiger partial charge in [0.25, 0.3) is 5.91 Å². The second-order valence-electron chi connectivity index (χ2n) is 3.69. The van der Waals surface area contributed by atoms with Crippen LogP contribution in [0.1, 0.15) is 28.0 Å². The lowest BCUT2D eigenvalue weighted by Crippen LogP contribution is -2.26. The number of nitrogens with one attached hydrogen (secondary N) is 2. The van der Waals surface area contributed by atoms with Gasteiger partial charge in [-0.05, 0) is 6.92 Å². The summed E-state index contributed by atoms with van der Waals surface area (Å²) in [6.45, 7) is 3.97. The number of H-pyrrole nitrogens is 1. The van der Waals surface area contributed by atoms with Crippen molar-refractivity contribution in [3.05, 3.63) is 35.6 Å². The second-order valence-corrected chi connectivity index (χ2v) is 3.69. The quantitative estimate of drug-likeness (QED) is 0.826. The topological polar surface area (TPSA) is 83.8 Å². The number of hydrogen-bond donors (Lipinski definition) is 2. The smallest absolute Gasteiger partial charge is 0.289 e. The van der Waals surface area contributed by atoms with Crippen LogP contribution < -0.4 is 5.32 Å². The summed E-state index contributed by atoms with van der Waals surface area (Å²) in [4.78, 5) is 22.8. The highest BCUT2D eigenvalue weighted by molar-refractivity contribution is 5.92. The average Bonchev–Trinajstić information content (AvgIpc) is 2.88. The van der Waals surface area contributed by atoms with Crippen molar-refractivity contribution in [2.24, 2.45) is 0 Å². The molecule has 0 aliphatic rings. The predicted octanol–water partition coefficient (Wildman–Crippen LogP) is 0.987. The number of aromatic nitrogens is 3. The van der Waals surface area contributed by atoms with E-state index in [9.17, 15) is 4.79 Å². The summed E-state index contributed by atoms with van der Waals surface area (Å²) in [7, 11) is 0. The van der Waals surface area contributed by atoms with E-state index in [0.29, 0.717) is 24.6 Å². The number of rotatable bonds is 4. The van der Waals surface area contributed by atoms with Gasteiger partial charge in [0.1, 0.15) is 5.82 Å². The van der Waals surface area contributed by atoms with Crippen LogP contribution in [0.5, 0.6) is 0 Å². The number of oxazole rings is 1. The van der Waals surface area contributed by atoms with E-state index in [-0.39, 0.29) is 11.7 Å². The minimum Gasteiger partial charge on any atom is -0.436 e. The summed E-state index contributed by atoms with van der Waals surface area (Å²) in [5, 5.41) is 2.76. The van der Waals surface area contributed by atoms with Crippen LogP contribution in [-0.2, 0) is 6.42 Å². The Bertz CT molecular complexity index is 502. The molecule has 0 aliphatic heterocycles. The van der Waals surface area contributed by atoms with Gasteiger partial charge in [-0.3, -0.25) is 4.79 Å². The number of amides is 1. The van der Waals surface area contributed by atoms with E-state index < -0.39 is 0 Å². The zero-order chi connectivity index (χ0) is 12.3. The normalized spacial score (nSPS) is 10.5. The molecule has 0 aromatic carbocycles. The molecule has 2 aromatic rings. The van der Waals surface area contributed by atoms with E-state index in [1.165, 1.54) is 0 Å². The standard InChI is InChI=1S/C11H14N4O2/c1-7-10(17-8(2)15-7)11(16)14-4-3-9-12-5-6-13-9/h5-6H,3-4H2,1-2H3,(H,12,13)(H,14,16). The van der Waals surface area contributed by atoms with Gasteiger partial charge in [0.05, 0.1) is 5.69 Å². The molecule has 0 atom stereocenters. The van der Waals surface area contributed by atoms with E-state index in [1.54, 1.807) is 26.2 Å². The molecular weight excluding hydrogens is 220 g/mol. The fourth-order valence-corrected chi connectivity index (χ4v) is 1.55. The summed E-state index contributed by atoms with van der Waals surface area (Å²) >= 11 is 0. The zero-order valence-corrected chi connectivity index (χ0v) is 9.78. The average molecular weight is 234 g/mol. The number of aryl methyl sites for hydroxylation is 2. The predicted molar refractivity (Wildman–Crippen MR) is 60.6 cm³/mol. The first-order valence-corrected chi connectivity index (χ1v) is 5.37. The molecule has 0 saturated heterocycles. The van der Waals surface area contributed by atoms with Crippen LogP contribution in [0, 0.1) is 13.8 Å². The summed E-state index contributed by atoms with van der Waals surface area (Å²) in [5.41, 5.74) is 0.609. The Hall–Kier alpha value is -2.11. The van der Waals surface area contributed by atoms with Gasteiger partial charge < -0.3 is 14.7 Å². The molecule has 0 spiro atoms. The van der Waals surface area contributed by atoms with Crippen molar-refractivity contribution in [3.63, 3.8) is 0 Å². The van der Waals surface area contributed by atoms with Crippen molar-refractivity contribution in [2.75, 3.05) is 6.54 Å². The molecule has 2 aromatic heterocycles. The van der Waals surface area contributed by atoms with Crippen molar-refractivity contribution in [3.8, 4) is 0 Å². The SMILES string of the molecule is Cc1nc(C)c(C(=O)NCCc2ncc[nH]2)o1. The largest absolute Gasteiger partial charge is 0.436 e. The molecule has 1 amide bonds. The first-order valence-electron chi connectivity index (χ1n) is 5.37. The minimum atomic E-state index is -0.241. The lowest BCUT2D eigenvalue weighted by Gasteiger charge is -2.01. The van der Waals surface area contributed by atoms with Crippen molar-refractivity contribution in [1.82, 2.24) is 20.3 Å². The third-order valence-corrected chi connectivity index (χ3v) is 2.31. The summed E-state index contributed by atoms with van der Waals surface area (Å²) in [6, 6.07) is 0. The molecule has 2 rings (SSSR count). The zero-order valence-electron chi connectivity index (χ0n) is 9.78. The minimum absolute atomic E-state index is 0.241. The summed E-state index contributed by atoms with van der Waals surface area (Å²) < 4.78 is 5.22. The number of nitrogens with zero attached hydrogens (tertiary/aromatic N) is 2. The van der Waals surface area contributed by atoms with E-state index >= 15 is 0 Å². The Balaban J connectivity index is 1.87. The van der Waals surface area contributed by atoms with Crippen LogP contribution in [0.2, 0.25) is 0 Å². The van der Waals surface area contributed by atoms with Crippen molar-refractivity contribution >= 4 is 5.91 Å². The van der Waals surface area contributed by atoms with Gasteiger partial charge in [0.15, 0.2) is 5.89 Å². The molecule has 6 nitrogen and oxygen atoms in total. The summed E-state index contributed by atoms with van der Waals surface area (Å²) in [6.07, 6.45) is 4.09. The van der Waals surface area contributed by atoms with Crippen LogP contribution in [0.15, 0.2) is 16.8 Å². The highest BCUT2D eigenvalue weighted by atomic mass is 16.4. The van der Waals surface area contributed by atoms with Gasteiger partial charge in [-0.1, -0.05) is 0 Å². The molecule has 0 aliphatic carbocycles. The maximum Gasteiger partial charge on any atom is 0.289 e. The maximum atomic E-state index is 11.7. The Morgan fingerprint density at radius 3 is 2.94 bits per heavy atom. The molecule has 6 heteroatoms. The van der Waals surface area contributed by atoms with Gasteiger partial charge in [0, 0.05) is 32.3 Å². The maximum absolute atomic E-state index is 11.7. The lowest BCUT2D eigenvalue weighted by molar-refractivity contribution is 0.0924. The molecule has 0 unspecified atom stereocenters. The van der Waals surface area contributed by atoms with Gasteiger partial charge >= 0.3 is 0 Å². The fraction of sp³-hybridized carbons (Fsp3) is 0.364. The van der Waals surface area contributed by atoms with Crippen molar-refractivity contribution in [1.29, 1.82) is 0 Å². The molecule has 2 heterocycles. The van der Waals surface area contributed by atoms with Crippen LogP contribution in [-0.4, -0.2) is 27.4 Å². The van der Waals surface area contributed by atoms with Gasteiger partial charge in [0.2, 0.25) is 5.76 Å². The Kier molecular flexibility index (Phi) is 3.22. The summed E-state index contributed by atoms with van der Waals surface area (Å²) in [5.74, 6) is 1.38. The number of aromatic amines is 1. The molecule has 2 N–H and O–H groups in total. The number of carbonyl (C=O) groups is 1. The Morgan fingerprint density at radius 1 is 1.53 bits per heavy atom. The molecule has 17 heavy (non-hydrogen) atoms. The van der Waals surface area contributed by atoms with Gasteiger partial charge in [-0.15, -0.1) is 0 Å². The third kappa shape index (κ3) is 2.72. The van der Waals surface area contributed by atoms with Crippen molar-refractivity contribution < 1.29 is 9.21 Å². The highest BCUT2D eigenvalue weighted by Crippen LogP contribution is 2.08. The molecular formula is C11H14N4O2. The van der Waals surface area contributed by atoms with E-state index in [4.69, 9.17) is 4.42 Å². The van der Waals surface area contributed by atoms with Crippen LogP contribution >= 0.6 is 0 Å². The van der Waals surface area contributed by atoms with E-state index in [0.717, 1.165) is 5.82 Å². The molecule has 0 radical (unpaired) electrons. The van der Waals surface area contributed by atoms with E-state index in [1.807, 2.05) is 0 Å². The third-order valence-electron chi connectivity index (χ3n) is 2.31. The number of hydrogen-bond acceptors (Lipinski definition) is 4. The fourth-order valence-electron chi connectivity index (χ4n) is 1.55. The van der Waals surface area contributed by atoms with Crippen LogP contribution in [0.3, 0.4) is 0 Å². The lowest BCUT2D eigenvalue weighted by atomic mass is 10.3. The van der Waals surface area contributed by atoms with Crippen LogP contribution in [0.4, 0.5) is 0 Å². The first-order chi connectivity index (χ1) is 8.16. The van der Waals surface area contributed by atoms with Crippen LogP contribution in [0.25, 0.3) is 0 Å². The molecule has 0 saturated carbocycles. The molecule has 90 valence electrons. The first kappa shape index (κ1) is 11.4. The highest BCUT2D eigenvalue weighted by Gasteiger charge is 2.15. The second kappa shape index (κ2) is 4.82. The monoisotopic (exact) mass is 234 g/mol. The van der Waals surface area contributed by atoms with E-state index in [2.05, 4.69) is 20.3 Å². The molecule has 0 fully saturated rings. The van der Waals surface area contributed by atoms with Crippen molar-refractivity contribution in [2.45, 2.75) is 20.3 Å². The number of imidazole rings is 1. The van der Waals surface area contributed by atoms with Gasteiger partial charge in [-0.2, -0.15) is 0 Å². The Morgan fingerprint density at radius 2 is 2.35 bits per heavy atom. The molecule has 0 bridgehead atoms. The number of carbonyl (C=O) groups excluding carboxylic acids is 1.